The van der Waals surface area contributed by atoms with Crippen LogP contribution in [0.5, 0.6) is 0 Å². The van der Waals surface area contributed by atoms with E-state index in [4.69, 9.17) is 0 Å². The molecule has 0 unspecified atom stereocenters. The molecule has 0 amide bonds. The largest absolute Gasteiger partial charge is 0.477 e. The van der Waals surface area contributed by atoms with Gasteiger partial charge in [-0.2, -0.15) is 0 Å². The first-order valence-corrected chi connectivity index (χ1v) is 7.11. The number of carboxylic acid groups (broad SMARTS) is 1. The minimum Gasteiger partial charge on any atom is -0.477 e. The maximum absolute atomic E-state index is 11.7. The average molecular weight is 294 g/mol. The molecule has 1 aromatic heterocycles. The maximum Gasteiger partial charge on any atom is 0.352 e. The summed E-state index contributed by atoms with van der Waals surface area (Å²) in [6, 6.07) is 13.8. The van der Waals surface area contributed by atoms with E-state index in [1.807, 2.05) is 68.4 Å². The van der Waals surface area contributed by atoms with Gasteiger partial charge in [0.2, 0.25) is 0 Å². The van der Waals surface area contributed by atoms with Crippen LogP contribution >= 0.6 is 0 Å². The van der Waals surface area contributed by atoms with Gasteiger partial charge in [-0.1, -0.05) is 30.3 Å². The van der Waals surface area contributed by atoms with Gasteiger partial charge in [0.1, 0.15) is 5.69 Å². The van der Waals surface area contributed by atoms with Gasteiger partial charge in [-0.15, -0.1) is 0 Å². The lowest BCUT2D eigenvalue weighted by Crippen LogP contribution is -2.08. The molecule has 1 heterocycles. The molecule has 2 aromatic carbocycles. The average Bonchev–Trinajstić information content (AvgIpc) is 2.88. The molecule has 0 radical (unpaired) electrons. The number of nitrogens with zero attached hydrogens (tertiary/aromatic N) is 1. The Hall–Kier alpha value is -2.75. The standard InChI is InChI=1S/C18H18N2O2/c1-11-6-4-9-14-15(17(18(21)22)19-16(11)14)12-7-5-8-13(10-12)20(2)3/h4-10,19H,1-3H3,(H,21,22). The third kappa shape index (κ3) is 2.22. The van der Waals surface area contributed by atoms with Crippen LogP contribution in [-0.4, -0.2) is 30.2 Å². The monoisotopic (exact) mass is 294 g/mol. The third-order valence-corrected chi connectivity index (χ3v) is 3.91. The van der Waals surface area contributed by atoms with Crippen molar-refractivity contribution < 1.29 is 9.90 Å². The molecular weight excluding hydrogens is 276 g/mol. The number of hydrogen-bond acceptors (Lipinski definition) is 2. The molecule has 3 rings (SSSR count). The normalized spacial score (nSPS) is 10.9. The van der Waals surface area contributed by atoms with E-state index in [0.717, 1.165) is 33.3 Å². The highest BCUT2D eigenvalue weighted by molar-refractivity contribution is 6.08. The summed E-state index contributed by atoms with van der Waals surface area (Å²) in [5.41, 5.74) is 4.84. The molecule has 2 N–H and O–H groups in total. The number of aromatic nitrogens is 1. The Bertz CT molecular complexity index is 863. The molecule has 0 spiro atoms. The number of nitrogens with one attached hydrogen (secondary N) is 1. The number of anilines is 1. The fraction of sp³-hybridized carbons (Fsp3) is 0.167. The Kier molecular flexibility index (Phi) is 3.37. The molecule has 0 aliphatic rings. The predicted octanol–water partition coefficient (Wildman–Crippen LogP) is 3.91. The van der Waals surface area contributed by atoms with Crippen LogP contribution in [0.2, 0.25) is 0 Å². The molecule has 0 fully saturated rings. The molecule has 0 atom stereocenters. The lowest BCUT2D eigenvalue weighted by atomic mass is 10.00. The van der Waals surface area contributed by atoms with Crippen LogP contribution < -0.4 is 4.90 Å². The summed E-state index contributed by atoms with van der Waals surface area (Å²) in [4.78, 5) is 16.7. The van der Waals surface area contributed by atoms with Crippen molar-refractivity contribution in [1.82, 2.24) is 4.98 Å². The van der Waals surface area contributed by atoms with E-state index >= 15 is 0 Å². The van der Waals surface area contributed by atoms with E-state index in [1.165, 1.54) is 0 Å². The molecule has 3 aromatic rings. The van der Waals surface area contributed by atoms with Crippen molar-refractivity contribution in [3.8, 4) is 11.1 Å². The van der Waals surface area contributed by atoms with Crippen LogP contribution in [0.15, 0.2) is 42.5 Å². The minimum atomic E-state index is -0.944. The number of carbonyl (C=O) groups is 1. The van der Waals surface area contributed by atoms with Gasteiger partial charge in [-0.3, -0.25) is 0 Å². The van der Waals surface area contributed by atoms with Gasteiger partial charge in [-0.25, -0.2) is 4.79 Å². The number of hydrogen-bond donors (Lipinski definition) is 2. The highest BCUT2D eigenvalue weighted by Crippen LogP contribution is 2.35. The molecule has 112 valence electrons. The van der Waals surface area contributed by atoms with Gasteiger partial charge < -0.3 is 15.0 Å². The van der Waals surface area contributed by atoms with Crippen molar-refractivity contribution in [3.05, 3.63) is 53.7 Å². The fourth-order valence-corrected chi connectivity index (χ4v) is 2.76. The molecule has 22 heavy (non-hydrogen) atoms. The second kappa shape index (κ2) is 5.22. The van der Waals surface area contributed by atoms with Crippen LogP contribution in [-0.2, 0) is 0 Å². The fourth-order valence-electron chi connectivity index (χ4n) is 2.76. The Morgan fingerprint density at radius 3 is 2.55 bits per heavy atom. The summed E-state index contributed by atoms with van der Waals surface area (Å²) in [5, 5.41) is 10.5. The topological polar surface area (TPSA) is 56.3 Å². The number of para-hydroxylation sites is 1. The van der Waals surface area contributed by atoms with Gasteiger partial charge in [0.15, 0.2) is 0 Å². The number of H-pyrrole nitrogens is 1. The smallest absolute Gasteiger partial charge is 0.352 e. The molecular formula is C18H18N2O2. The highest BCUT2D eigenvalue weighted by Gasteiger charge is 2.19. The van der Waals surface area contributed by atoms with Crippen molar-refractivity contribution in [2.45, 2.75) is 6.92 Å². The van der Waals surface area contributed by atoms with Crippen LogP contribution in [0.4, 0.5) is 5.69 Å². The highest BCUT2D eigenvalue weighted by atomic mass is 16.4. The molecule has 0 aliphatic carbocycles. The Labute approximate surface area is 129 Å². The summed E-state index contributed by atoms with van der Waals surface area (Å²) in [7, 11) is 3.94. The first-order chi connectivity index (χ1) is 10.5. The Balaban J connectivity index is 2.34. The molecule has 0 saturated carbocycles. The zero-order valence-electron chi connectivity index (χ0n) is 12.8. The van der Waals surface area contributed by atoms with E-state index in [0.29, 0.717) is 0 Å². The number of fused-ring (bicyclic) bond motifs is 1. The van der Waals surface area contributed by atoms with Crippen molar-refractivity contribution in [3.63, 3.8) is 0 Å². The Morgan fingerprint density at radius 1 is 1.14 bits per heavy atom. The van der Waals surface area contributed by atoms with E-state index < -0.39 is 5.97 Å². The van der Waals surface area contributed by atoms with Gasteiger partial charge in [0.25, 0.3) is 0 Å². The summed E-state index contributed by atoms with van der Waals surface area (Å²) in [5.74, 6) is -0.944. The van der Waals surface area contributed by atoms with Gasteiger partial charge >= 0.3 is 5.97 Å². The molecule has 0 bridgehead atoms. The number of carboxylic acids is 1. The first kappa shape index (κ1) is 14.2. The van der Waals surface area contributed by atoms with Gasteiger partial charge in [0.05, 0.1) is 0 Å². The molecule has 4 heteroatoms. The number of aromatic carboxylic acids is 1. The predicted molar refractivity (Wildman–Crippen MR) is 89.8 cm³/mol. The van der Waals surface area contributed by atoms with E-state index in [1.54, 1.807) is 0 Å². The summed E-state index contributed by atoms with van der Waals surface area (Å²) in [6.07, 6.45) is 0. The number of aromatic amines is 1. The van der Waals surface area contributed by atoms with Crippen LogP contribution in [0.1, 0.15) is 16.1 Å². The lowest BCUT2D eigenvalue weighted by molar-refractivity contribution is 0.0692. The summed E-state index contributed by atoms with van der Waals surface area (Å²) < 4.78 is 0. The van der Waals surface area contributed by atoms with Crippen molar-refractivity contribution in [1.29, 1.82) is 0 Å². The third-order valence-electron chi connectivity index (χ3n) is 3.91. The zero-order chi connectivity index (χ0) is 15.9. The molecule has 0 saturated heterocycles. The molecule has 0 aliphatic heterocycles. The van der Waals surface area contributed by atoms with Gasteiger partial charge in [0, 0.05) is 36.2 Å². The number of benzene rings is 2. The van der Waals surface area contributed by atoms with Crippen molar-refractivity contribution in [2.75, 3.05) is 19.0 Å². The van der Waals surface area contributed by atoms with Crippen LogP contribution in [0.25, 0.3) is 22.0 Å². The second-order valence-electron chi connectivity index (χ2n) is 5.62. The number of aryl methyl sites for hydroxylation is 1. The molecule has 4 nitrogen and oxygen atoms in total. The zero-order valence-corrected chi connectivity index (χ0v) is 12.8. The minimum absolute atomic E-state index is 0.236. The Morgan fingerprint density at radius 2 is 1.86 bits per heavy atom. The SMILES string of the molecule is Cc1cccc2c(-c3cccc(N(C)C)c3)c(C(=O)O)[nH]c12. The van der Waals surface area contributed by atoms with Crippen molar-refractivity contribution >= 4 is 22.6 Å². The first-order valence-electron chi connectivity index (χ1n) is 7.11. The maximum atomic E-state index is 11.7. The lowest BCUT2D eigenvalue weighted by Gasteiger charge is -2.13. The van der Waals surface area contributed by atoms with Crippen LogP contribution in [0.3, 0.4) is 0 Å². The van der Waals surface area contributed by atoms with Crippen LogP contribution in [0, 0.1) is 6.92 Å². The van der Waals surface area contributed by atoms with Crippen molar-refractivity contribution in [2.24, 2.45) is 0 Å². The summed E-state index contributed by atoms with van der Waals surface area (Å²) in [6.45, 7) is 1.98. The van der Waals surface area contributed by atoms with Gasteiger partial charge in [-0.05, 0) is 30.2 Å². The second-order valence-corrected chi connectivity index (χ2v) is 5.62. The van der Waals surface area contributed by atoms with E-state index in [9.17, 15) is 9.90 Å². The quantitative estimate of drug-likeness (QED) is 0.770. The summed E-state index contributed by atoms with van der Waals surface area (Å²) >= 11 is 0. The number of rotatable bonds is 3. The van der Waals surface area contributed by atoms with E-state index in [2.05, 4.69) is 4.98 Å². The van der Waals surface area contributed by atoms with E-state index in [-0.39, 0.29) is 5.69 Å².